The molecule has 4 amide bonds. The van der Waals surface area contributed by atoms with Crippen LogP contribution in [0.3, 0.4) is 0 Å². The number of nitrogens with zero attached hydrogens (tertiary/aromatic N) is 4. The molecule has 4 aliphatic rings. The zero-order chi connectivity index (χ0) is 34.3. The summed E-state index contributed by atoms with van der Waals surface area (Å²) in [4.78, 5) is 58.5. The van der Waals surface area contributed by atoms with E-state index >= 15 is 0 Å². The Kier molecular flexibility index (Phi) is 9.45. The van der Waals surface area contributed by atoms with Gasteiger partial charge in [-0.05, 0) is 50.0 Å². The first-order valence-electron chi connectivity index (χ1n) is 17.6. The highest BCUT2D eigenvalue weighted by Gasteiger charge is 2.67. The van der Waals surface area contributed by atoms with Gasteiger partial charge in [0.2, 0.25) is 17.7 Å². The summed E-state index contributed by atoms with van der Waals surface area (Å²) in [6.45, 7) is 10.3. The molecule has 4 fully saturated rings. The molecule has 48 heavy (non-hydrogen) atoms. The monoisotopic (exact) mass is 660 g/mol. The molecule has 6 rings (SSSR count). The molecule has 2 aliphatic carbocycles. The van der Waals surface area contributed by atoms with E-state index in [0.717, 1.165) is 24.8 Å². The van der Waals surface area contributed by atoms with Crippen LogP contribution in [0.4, 0.5) is 0 Å². The lowest BCUT2D eigenvalue weighted by Crippen LogP contribution is -2.69. The molecule has 1 aromatic carbocycles. The van der Waals surface area contributed by atoms with Gasteiger partial charge in [0.1, 0.15) is 6.04 Å². The second kappa shape index (κ2) is 13.3. The van der Waals surface area contributed by atoms with Crippen LogP contribution in [-0.2, 0) is 25.7 Å². The molecular weight excluding hydrogens is 608 g/mol. The quantitative estimate of drug-likeness (QED) is 0.380. The molecule has 2 aromatic rings. The van der Waals surface area contributed by atoms with Crippen molar-refractivity contribution < 1.29 is 23.9 Å². The first-order chi connectivity index (χ1) is 22.9. The third kappa shape index (κ3) is 6.62. The van der Waals surface area contributed by atoms with Gasteiger partial charge >= 0.3 is 0 Å². The van der Waals surface area contributed by atoms with Gasteiger partial charge < -0.3 is 25.2 Å². The smallest absolute Gasteiger partial charge is 0.257 e. The minimum Gasteiger partial charge on any atom is -0.376 e. The summed E-state index contributed by atoms with van der Waals surface area (Å²) < 4.78 is 7.96. The maximum atomic E-state index is 14.4. The highest BCUT2D eigenvalue weighted by atomic mass is 16.5. The van der Waals surface area contributed by atoms with E-state index in [1.807, 2.05) is 49.1 Å². The molecule has 3 heterocycles. The average Bonchev–Trinajstić information content (AvgIpc) is 3.35. The van der Waals surface area contributed by atoms with Crippen LogP contribution in [0.25, 0.3) is 0 Å². The standard InChI is InChI=1S/C37H52N6O5/c1-25(48-20-27-14-10-7-11-15-27)30(31(44)38-5)40-34(47)36(4)21-41(22-37(36)23-42(24-37)33(46)29-16-35(29,2)3)32(45)28-17-39-43(19-28)18-26-12-8-6-9-13-26/h6,8-9,12-13,17,19,25,27,29-30H,7,10-11,14-16,18,20-24H2,1-5H3,(H,38,44)(H,40,47)/t25-,29-,30+,36-/m1/s1. The second-order valence-corrected chi connectivity index (χ2v) is 15.7. The Hall–Kier alpha value is -3.73. The van der Waals surface area contributed by atoms with Crippen molar-refractivity contribution in [2.45, 2.75) is 84.9 Å². The highest BCUT2D eigenvalue weighted by molar-refractivity contribution is 5.96. The second-order valence-electron chi connectivity index (χ2n) is 15.7. The van der Waals surface area contributed by atoms with Crippen molar-refractivity contribution in [1.29, 1.82) is 0 Å². The molecule has 0 radical (unpaired) electrons. The van der Waals surface area contributed by atoms with E-state index in [-0.39, 0.29) is 41.5 Å². The van der Waals surface area contributed by atoms with Gasteiger partial charge in [-0.15, -0.1) is 0 Å². The van der Waals surface area contributed by atoms with Crippen LogP contribution < -0.4 is 10.6 Å². The van der Waals surface area contributed by atoms with E-state index in [4.69, 9.17) is 4.74 Å². The number of ether oxygens (including phenoxy) is 1. The average molecular weight is 661 g/mol. The molecular formula is C37H52N6O5. The Labute approximate surface area is 284 Å². The number of likely N-dealkylation sites (tertiary alicyclic amines) is 2. The number of nitrogens with one attached hydrogen (secondary N) is 2. The number of benzene rings is 1. The summed E-state index contributed by atoms with van der Waals surface area (Å²) >= 11 is 0. The Morgan fingerprint density at radius 2 is 1.65 bits per heavy atom. The SMILES string of the molecule is CNC(=O)[C@@H](NC(=O)[C@@]1(C)CN(C(=O)c2cnn(Cc3ccccc3)c2)CC12CN(C(=O)[C@H]1CC1(C)C)C2)[C@@H](C)OCC1CCCCC1. The third-order valence-electron chi connectivity index (χ3n) is 11.7. The normalized spacial score (nSPS) is 25.6. The van der Waals surface area contributed by atoms with E-state index in [0.29, 0.717) is 44.3 Å². The number of aromatic nitrogens is 2. The van der Waals surface area contributed by atoms with Crippen LogP contribution in [0.2, 0.25) is 0 Å². The Bertz CT molecular complexity index is 1510. The van der Waals surface area contributed by atoms with Crippen molar-refractivity contribution in [3.8, 4) is 0 Å². The maximum absolute atomic E-state index is 14.4. The fourth-order valence-corrected chi connectivity index (χ4v) is 8.10. The number of amides is 4. The molecule has 260 valence electrons. The third-order valence-corrected chi connectivity index (χ3v) is 11.7. The summed E-state index contributed by atoms with van der Waals surface area (Å²) in [6, 6.07) is 9.02. The lowest BCUT2D eigenvalue weighted by Gasteiger charge is -2.54. The van der Waals surface area contributed by atoms with Crippen LogP contribution >= 0.6 is 0 Å². The fourth-order valence-electron chi connectivity index (χ4n) is 8.10. The zero-order valence-electron chi connectivity index (χ0n) is 29.2. The lowest BCUT2D eigenvalue weighted by molar-refractivity contribution is -0.160. The largest absolute Gasteiger partial charge is 0.376 e. The maximum Gasteiger partial charge on any atom is 0.257 e. The van der Waals surface area contributed by atoms with Crippen LogP contribution in [-0.4, -0.2) is 95.2 Å². The van der Waals surface area contributed by atoms with Crippen molar-refractivity contribution in [1.82, 2.24) is 30.2 Å². The van der Waals surface area contributed by atoms with Crippen molar-refractivity contribution >= 4 is 23.6 Å². The van der Waals surface area contributed by atoms with Gasteiger partial charge in [0, 0.05) is 57.4 Å². The van der Waals surface area contributed by atoms with E-state index in [1.54, 1.807) is 29.0 Å². The Balaban J connectivity index is 1.20. The predicted octanol–water partition coefficient (Wildman–Crippen LogP) is 3.48. The van der Waals surface area contributed by atoms with Gasteiger partial charge in [-0.1, -0.05) is 63.4 Å². The molecule has 0 bridgehead atoms. The highest BCUT2D eigenvalue weighted by Crippen LogP contribution is 2.57. The molecule has 1 aromatic heterocycles. The number of carbonyl (C=O) groups is 4. The molecule has 11 nitrogen and oxygen atoms in total. The van der Waals surface area contributed by atoms with Crippen LogP contribution in [0.1, 0.15) is 82.1 Å². The fraction of sp³-hybridized carbons (Fsp3) is 0.649. The minimum absolute atomic E-state index is 0.00734. The van der Waals surface area contributed by atoms with Gasteiger partial charge in [0.05, 0.1) is 29.8 Å². The Morgan fingerprint density at radius 1 is 0.979 bits per heavy atom. The van der Waals surface area contributed by atoms with Gasteiger partial charge in [-0.2, -0.15) is 5.10 Å². The molecule has 2 saturated heterocycles. The molecule has 2 N–H and O–H groups in total. The first kappa shape index (κ1) is 34.1. The molecule has 4 atom stereocenters. The van der Waals surface area contributed by atoms with Crippen molar-refractivity contribution in [3.05, 3.63) is 53.9 Å². The summed E-state index contributed by atoms with van der Waals surface area (Å²) in [5.41, 5.74) is -0.183. The molecule has 2 aliphatic heterocycles. The van der Waals surface area contributed by atoms with Crippen molar-refractivity contribution in [2.75, 3.05) is 39.8 Å². The van der Waals surface area contributed by atoms with Crippen molar-refractivity contribution in [3.63, 3.8) is 0 Å². The number of hydrogen-bond acceptors (Lipinski definition) is 6. The number of rotatable bonds is 11. The van der Waals surface area contributed by atoms with E-state index < -0.39 is 23.0 Å². The minimum atomic E-state index is -1.05. The molecule has 11 heteroatoms. The summed E-state index contributed by atoms with van der Waals surface area (Å²) in [5, 5.41) is 10.2. The number of hydrogen-bond donors (Lipinski definition) is 2. The summed E-state index contributed by atoms with van der Waals surface area (Å²) in [5.74, 6) is -0.263. The van der Waals surface area contributed by atoms with E-state index in [9.17, 15) is 19.2 Å². The summed E-state index contributed by atoms with van der Waals surface area (Å²) in [6.07, 6.45) is 9.51. The lowest BCUT2D eigenvalue weighted by atomic mass is 9.61. The van der Waals surface area contributed by atoms with E-state index in [2.05, 4.69) is 29.6 Å². The van der Waals surface area contributed by atoms with E-state index in [1.165, 1.54) is 19.3 Å². The topological polar surface area (TPSA) is 126 Å². The van der Waals surface area contributed by atoms with Gasteiger partial charge in [0.25, 0.3) is 5.91 Å². The van der Waals surface area contributed by atoms with Gasteiger partial charge in [-0.3, -0.25) is 23.9 Å². The van der Waals surface area contributed by atoms with Crippen LogP contribution in [0.15, 0.2) is 42.7 Å². The van der Waals surface area contributed by atoms with Gasteiger partial charge in [0.15, 0.2) is 0 Å². The van der Waals surface area contributed by atoms with Crippen LogP contribution in [0, 0.1) is 28.1 Å². The van der Waals surface area contributed by atoms with Crippen LogP contribution in [0.5, 0.6) is 0 Å². The number of carbonyl (C=O) groups excluding carboxylic acids is 4. The summed E-state index contributed by atoms with van der Waals surface area (Å²) in [7, 11) is 1.56. The van der Waals surface area contributed by atoms with Gasteiger partial charge in [-0.25, -0.2) is 0 Å². The molecule has 0 unspecified atom stereocenters. The van der Waals surface area contributed by atoms with Crippen molar-refractivity contribution in [2.24, 2.45) is 28.1 Å². The first-order valence-corrected chi connectivity index (χ1v) is 17.6. The zero-order valence-corrected chi connectivity index (χ0v) is 29.2. The number of likely N-dealkylation sites (N-methyl/N-ethyl adjacent to an activating group) is 1. The Morgan fingerprint density at radius 3 is 2.29 bits per heavy atom. The predicted molar refractivity (Wildman–Crippen MR) is 181 cm³/mol. The molecule has 1 spiro atoms. The molecule has 2 saturated carbocycles.